The summed E-state index contributed by atoms with van der Waals surface area (Å²) in [7, 11) is -2.44. The third kappa shape index (κ3) is 2.46. The number of aliphatic hydroxyl groups is 1. The molecule has 0 bridgehead atoms. The zero-order valence-corrected chi connectivity index (χ0v) is 9.55. The maximum Gasteiger partial charge on any atom is 0.220 e. The summed E-state index contributed by atoms with van der Waals surface area (Å²) < 4.78 is 21.8. The summed E-state index contributed by atoms with van der Waals surface area (Å²) in [6.07, 6.45) is 3.38. The predicted molar refractivity (Wildman–Crippen MR) is 65.2 cm³/mol. The number of benzene rings is 1. The van der Waals surface area contributed by atoms with Gasteiger partial charge in [-0.15, -0.1) is 0 Å². The number of aromatic hydroxyl groups is 1. The number of phenolic OH excluding ortho intramolecular Hbond substituents is 1. The largest absolute Gasteiger partial charge is 0.508 e. The highest BCUT2D eigenvalue weighted by atomic mass is 32.2. The maximum absolute atomic E-state index is 10.9. The Hall–Kier alpha value is -1.85. The van der Waals surface area contributed by atoms with Crippen molar-refractivity contribution in [1.29, 1.82) is 0 Å². The van der Waals surface area contributed by atoms with Crippen molar-refractivity contribution in [3.05, 3.63) is 48.1 Å². The van der Waals surface area contributed by atoms with Crippen LogP contribution in [0.1, 0.15) is 5.56 Å². The standard InChI is InChI=1S/C12H10O4S/c13-10-4-1-8(2-5-10)9-3-6-11(14)12(7-9)17(15)16/h1-7,11,13-14H. The molecule has 1 unspecified atom stereocenters. The summed E-state index contributed by atoms with van der Waals surface area (Å²) in [4.78, 5) is -0.0597. The molecule has 0 aromatic heterocycles. The number of allylic oxidation sites excluding steroid dienone is 2. The Morgan fingerprint density at radius 1 is 1.12 bits per heavy atom. The average molecular weight is 250 g/mol. The average Bonchev–Trinajstić information content (AvgIpc) is 2.30. The highest BCUT2D eigenvalue weighted by molar-refractivity contribution is 7.73. The number of hydrogen-bond donors (Lipinski definition) is 2. The van der Waals surface area contributed by atoms with Gasteiger partial charge in [0.25, 0.3) is 0 Å². The van der Waals surface area contributed by atoms with Crippen LogP contribution >= 0.6 is 0 Å². The molecule has 1 atom stereocenters. The van der Waals surface area contributed by atoms with Crippen molar-refractivity contribution in [2.45, 2.75) is 6.10 Å². The molecule has 0 radical (unpaired) electrons. The highest BCUT2D eigenvalue weighted by Crippen LogP contribution is 2.22. The van der Waals surface area contributed by atoms with Crippen LogP contribution in [0.25, 0.3) is 5.57 Å². The van der Waals surface area contributed by atoms with Crippen LogP contribution in [0.5, 0.6) is 5.75 Å². The third-order valence-electron chi connectivity index (χ3n) is 2.44. The molecule has 0 spiro atoms. The normalized spacial score (nSPS) is 19.0. The Balaban J connectivity index is 2.48. The number of rotatable bonds is 1. The van der Waals surface area contributed by atoms with Crippen LogP contribution in [0.4, 0.5) is 0 Å². The Labute approximate surface area is 99.7 Å². The zero-order chi connectivity index (χ0) is 12.4. The van der Waals surface area contributed by atoms with Crippen LogP contribution in [-0.4, -0.2) is 29.6 Å². The van der Waals surface area contributed by atoms with Crippen LogP contribution < -0.4 is 0 Å². The fourth-order valence-corrected chi connectivity index (χ4v) is 2.06. The molecule has 88 valence electrons. The monoisotopic (exact) mass is 250 g/mol. The minimum atomic E-state index is -2.44. The van der Waals surface area contributed by atoms with Crippen molar-refractivity contribution in [2.24, 2.45) is 0 Å². The molecule has 1 aliphatic rings. The first kappa shape index (κ1) is 11.6. The SMILES string of the molecule is O=S(=O)=C1C=C(c2ccc(O)cc2)C=CC1O. The summed E-state index contributed by atoms with van der Waals surface area (Å²) >= 11 is 0. The first-order valence-corrected chi connectivity index (χ1v) is 5.99. The fourth-order valence-electron chi connectivity index (χ4n) is 1.56. The number of aliphatic hydroxyl groups excluding tert-OH is 1. The molecule has 0 saturated heterocycles. The molecule has 2 rings (SSSR count). The molecule has 0 heterocycles. The first-order chi connectivity index (χ1) is 8.08. The summed E-state index contributed by atoms with van der Waals surface area (Å²) in [5, 5.41) is 18.6. The lowest BCUT2D eigenvalue weighted by Gasteiger charge is -2.11. The van der Waals surface area contributed by atoms with Gasteiger partial charge in [0.05, 0.1) is 0 Å². The lowest BCUT2D eigenvalue weighted by Crippen LogP contribution is -2.19. The second-order valence-electron chi connectivity index (χ2n) is 3.59. The smallest absolute Gasteiger partial charge is 0.220 e. The molecule has 5 heteroatoms. The summed E-state index contributed by atoms with van der Waals surface area (Å²) in [5.74, 6) is 0.144. The van der Waals surface area contributed by atoms with E-state index in [0.29, 0.717) is 5.57 Å². The fraction of sp³-hybridized carbons (Fsp3) is 0.0833. The van der Waals surface area contributed by atoms with Gasteiger partial charge in [-0.2, -0.15) is 8.42 Å². The van der Waals surface area contributed by atoms with Crippen molar-refractivity contribution in [2.75, 3.05) is 0 Å². The van der Waals surface area contributed by atoms with Crippen LogP contribution in [0.15, 0.2) is 42.5 Å². The van der Waals surface area contributed by atoms with Crippen LogP contribution in [0, 0.1) is 0 Å². The molecule has 2 N–H and O–H groups in total. The van der Waals surface area contributed by atoms with Crippen LogP contribution in [0.3, 0.4) is 0 Å². The second kappa shape index (κ2) is 4.57. The van der Waals surface area contributed by atoms with Crippen LogP contribution in [-0.2, 0) is 10.3 Å². The zero-order valence-electron chi connectivity index (χ0n) is 8.74. The van der Waals surface area contributed by atoms with Crippen molar-refractivity contribution in [1.82, 2.24) is 0 Å². The Kier molecular flexibility index (Phi) is 3.12. The second-order valence-corrected chi connectivity index (χ2v) is 4.53. The van der Waals surface area contributed by atoms with Gasteiger partial charge >= 0.3 is 0 Å². The van der Waals surface area contributed by atoms with Gasteiger partial charge in [-0.1, -0.05) is 24.3 Å². The molecule has 1 aromatic rings. The van der Waals surface area contributed by atoms with E-state index in [2.05, 4.69) is 0 Å². The molecule has 1 aromatic carbocycles. The van der Waals surface area contributed by atoms with Gasteiger partial charge in [0, 0.05) is 0 Å². The molecular weight excluding hydrogens is 240 g/mol. The van der Waals surface area contributed by atoms with Gasteiger partial charge < -0.3 is 10.2 Å². The molecule has 4 nitrogen and oxygen atoms in total. The van der Waals surface area contributed by atoms with E-state index in [4.69, 9.17) is 5.11 Å². The van der Waals surface area contributed by atoms with Crippen molar-refractivity contribution in [3.63, 3.8) is 0 Å². The van der Waals surface area contributed by atoms with Gasteiger partial charge in [-0.3, -0.25) is 0 Å². The molecule has 1 aliphatic carbocycles. The minimum Gasteiger partial charge on any atom is -0.508 e. The van der Waals surface area contributed by atoms with Gasteiger partial charge in [0.15, 0.2) is 0 Å². The quantitative estimate of drug-likeness (QED) is 0.721. The number of phenols is 1. The summed E-state index contributed by atoms with van der Waals surface area (Å²) in [6.45, 7) is 0. The van der Waals surface area contributed by atoms with E-state index in [9.17, 15) is 13.5 Å². The Morgan fingerprint density at radius 2 is 1.76 bits per heavy atom. The molecule has 0 amide bonds. The summed E-state index contributed by atoms with van der Waals surface area (Å²) in [5.41, 5.74) is 1.45. The van der Waals surface area contributed by atoms with E-state index in [1.807, 2.05) is 0 Å². The van der Waals surface area contributed by atoms with Crippen LogP contribution in [0.2, 0.25) is 0 Å². The van der Waals surface area contributed by atoms with Gasteiger partial charge in [-0.05, 0) is 29.3 Å². The lowest BCUT2D eigenvalue weighted by molar-refractivity contribution is 0.291. The molecule has 17 heavy (non-hydrogen) atoms. The summed E-state index contributed by atoms with van der Waals surface area (Å²) in [6, 6.07) is 6.38. The minimum absolute atomic E-state index is 0.0597. The Bertz CT molecular complexity index is 613. The van der Waals surface area contributed by atoms with Crippen molar-refractivity contribution < 1.29 is 18.6 Å². The molecule has 0 fully saturated rings. The van der Waals surface area contributed by atoms with E-state index in [0.717, 1.165) is 5.56 Å². The topological polar surface area (TPSA) is 74.6 Å². The third-order valence-corrected chi connectivity index (χ3v) is 3.18. The number of hydrogen-bond acceptors (Lipinski definition) is 4. The Morgan fingerprint density at radius 3 is 2.35 bits per heavy atom. The highest BCUT2D eigenvalue weighted by Gasteiger charge is 2.15. The van der Waals surface area contributed by atoms with E-state index < -0.39 is 16.4 Å². The van der Waals surface area contributed by atoms with Crippen molar-refractivity contribution in [3.8, 4) is 5.75 Å². The van der Waals surface area contributed by atoms with Gasteiger partial charge in [-0.25, -0.2) is 0 Å². The lowest BCUT2D eigenvalue weighted by atomic mass is 9.98. The van der Waals surface area contributed by atoms with Gasteiger partial charge in [0.1, 0.15) is 16.7 Å². The molecule has 0 aliphatic heterocycles. The molecular formula is C12H10O4S. The predicted octanol–water partition coefficient (Wildman–Crippen LogP) is 0.758. The van der Waals surface area contributed by atoms with E-state index in [1.54, 1.807) is 18.2 Å². The van der Waals surface area contributed by atoms with E-state index in [1.165, 1.54) is 24.3 Å². The first-order valence-electron chi connectivity index (χ1n) is 4.91. The van der Waals surface area contributed by atoms with E-state index >= 15 is 0 Å². The van der Waals surface area contributed by atoms with E-state index in [-0.39, 0.29) is 10.6 Å². The van der Waals surface area contributed by atoms with Crippen molar-refractivity contribution >= 4 is 20.7 Å². The molecule has 0 saturated carbocycles. The maximum atomic E-state index is 10.9. The van der Waals surface area contributed by atoms with Gasteiger partial charge in [0.2, 0.25) is 10.3 Å².